The van der Waals surface area contributed by atoms with E-state index in [1.165, 1.54) is 16.8 Å². The maximum absolute atomic E-state index is 9.86. The number of hydrogen-bond donors (Lipinski definition) is 2. The Morgan fingerprint density at radius 2 is 2.00 bits per heavy atom. The molecule has 1 aromatic carbocycles. The number of aryl methyl sites for hydroxylation is 1. The van der Waals surface area contributed by atoms with Crippen molar-refractivity contribution >= 4 is 5.69 Å². The van der Waals surface area contributed by atoms with Crippen molar-refractivity contribution in [3.63, 3.8) is 0 Å². The SMILES string of the molecule is CCNCc1ccc(N(C)CC(C)(C)O)c(C)c1. The van der Waals surface area contributed by atoms with Crippen molar-refractivity contribution in [3.8, 4) is 0 Å². The summed E-state index contributed by atoms with van der Waals surface area (Å²) in [5.74, 6) is 0. The average Bonchev–Trinajstić information content (AvgIpc) is 2.23. The molecule has 0 amide bonds. The second-order valence-electron chi connectivity index (χ2n) is 5.57. The molecule has 0 saturated heterocycles. The average molecular weight is 250 g/mol. The smallest absolute Gasteiger partial charge is 0.0765 e. The van der Waals surface area contributed by atoms with E-state index in [1.807, 2.05) is 20.9 Å². The highest BCUT2D eigenvalue weighted by atomic mass is 16.3. The monoisotopic (exact) mass is 250 g/mol. The number of benzene rings is 1. The molecule has 0 atom stereocenters. The van der Waals surface area contributed by atoms with Crippen molar-refractivity contribution in [1.29, 1.82) is 0 Å². The fourth-order valence-corrected chi connectivity index (χ4v) is 2.19. The summed E-state index contributed by atoms with van der Waals surface area (Å²) in [4.78, 5) is 2.10. The van der Waals surface area contributed by atoms with Crippen LogP contribution in [0.25, 0.3) is 0 Å². The molecule has 1 rings (SSSR count). The number of hydrogen-bond acceptors (Lipinski definition) is 3. The van der Waals surface area contributed by atoms with Gasteiger partial charge in [-0.2, -0.15) is 0 Å². The minimum absolute atomic E-state index is 0.625. The van der Waals surface area contributed by atoms with Crippen LogP contribution < -0.4 is 10.2 Å². The summed E-state index contributed by atoms with van der Waals surface area (Å²) in [6, 6.07) is 6.48. The van der Waals surface area contributed by atoms with Crippen LogP contribution in [0.3, 0.4) is 0 Å². The van der Waals surface area contributed by atoms with Gasteiger partial charge in [-0.15, -0.1) is 0 Å². The Hall–Kier alpha value is -1.06. The summed E-state index contributed by atoms with van der Waals surface area (Å²) in [6.45, 7) is 10.4. The van der Waals surface area contributed by atoms with Gasteiger partial charge in [-0.05, 0) is 44.5 Å². The number of rotatable bonds is 6. The lowest BCUT2D eigenvalue weighted by atomic mass is 10.1. The number of nitrogens with zero attached hydrogens (tertiary/aromatic N) is 1. The van der Waals surface area contributed by atoms with E-state index >= 15 is 0 Å². The van der Waals surface area contributed by atoms with Gasteiger partial charge >= 0.3 is 0 Å². The van der Waals surface area contributed by atoms with E-state index in [4.69, 9.17) is 0 Å². The molecule has 0 aliphatic heterocycles. The van der Waals surface area contributed by atoms with Crippen molar-refractivity contribution in [3.05, 3.63) is 29.3 Å². The Kier molecular flexibility index (Phi) is 5.17. The fourth-order valence-electron chi connectivity index (χ4n) is 2.19. The number of likely N-dealkylation sites (N-methyl/N-ethyl adjacent to an activating group) is 1. The van der Waals surface area contributed by atoms with Gasteiger partial charge in [0, 0.05) is 25.8 Å². The van der Waals surface area contributed by atoms with E-state index in [0.717, 1.165) is 13.1 Å². The van der Waals surface area contributed by atoms with Gasteiger partial charge in [-0.1, -0.05) is 19.1 Å². The summed E-state index contributed by atoms with van der Waals surface area (Å²) in [5.41, 5.74) is 3.05. The van der Waals surface area contributed by atoms with E-state index in [1.54, 1.807) is 0 Å². The summed E-state index contributed by atoms with van der Waals surface area (Å²) >= 11 is 0. The highest BCUT2D eigenvalue weighted by Crippen LogP contribution is 2.21. The lowest BCUT2D eigenvalue weighted by Gasteiger charge is -2.28. The lowest BCUT2D eigenvalue weighted by molar-refractivity contribution is 0.0886. The van der Waals surface area contributed by atoms with Crippen molar-refractivity contribution in [1.82, 2.24) is 5.32 Å². The molecule has 0 aromatic heterocycles. The van der Waals surface area contributed by atoms with Crippen molar-refractivity contribution in [2.24, 2.45) is 0 Å². The van der Waals surface area contributed by atoms with E-state index in [2.05, 4.69) is 42.3 Å². The molecule has 0 spiro atoms. The summed E-state index contributed by atoms with van der Waals surface area (Å²) < 4.78 is 0. The van der Waals surface area contributed by atoms with Crippen LogP contribution in [0, 0.1) is 6.92 Å². The fraction of sp³-hybridized carbons (Fsp3) is 0.600. The van der Waals surface area contributed by atoms with E-state index in [0.29, 0.717) is 6.54 Å². The molecule has 0 unspecified atom stereocenters. The molecule has 0 heterocycles. The normalized spacial score (nSPS) is 11.7. The van der Waals surface area contributed by atoms with Crippen molar-refractivity contribution < 1.29 is 5.11 Å². The minimum Gasteiger partial charge on any atom is -0.389 e. The lowest BCUT2D eigenvalue weighted by Crippen LogP contribution is -2.36. The number of nitrogens with one attached hydrogen (secondary N) is 1. The molecular weight excluding hydrogens is 224 g/mol. The summed E-state index contributed by atoms with van der Waals surface area (Å²) in [7, 11) is 2.02. The van der Waals surface area contributed by atoms with Gasteiger partial charge in [-0.3, -0.25) is 0 Å². The second kappa shape index (κ2) is 6.21. The highest BCUT2D eigenvalue weighted by molar-refractivity contribution is 5.54. The number of anilines is 1. The van der Waals surface area contributed by atoms with Crippen LogP contribution in [-0.2, 0) is 6.54 Å². The molecule has 0 aliphatic rings. The molecule has 0 bridgehead atoms. The first-order valence-corrected chi connectivity index (χ1v) is 6.57. The second-order valence-corrected chi connectivity index (χ2v) is 5.57. The summed E-state index contributed by atoms with van der Waals surface area (Å²) in [5, 5.41) is 13.2. The first-order valence-electron chi connectivity index (χ1n) is 6.57. The van der Waals surface area contributed by atoms with Crippen LogP contribution in [0.15, 0.2) is 18.2 Å². The number of aliphatic hydroxyl groups is 1. The third kappa shape index (κ3) is 4.67. The maximum atomic E-state index is 9.86. The zero-order valence-corrected chi connectivity index (χ0v) is 12.2. The van der Waals surface area contributed by atoms with Crippen LogP contribution in [0.2, 0.25) is 0 Å². The minimum atomic E-state index is -0.677. The molecule has 1 aromatic rings. The van der Waals surface area contributed by atoms with Gasteiger partial charge in [0.15, 0.2) is 0 Å². The molecule has 3 nitrogen and oxygen atoms in total. The van der Waals surface area contributed by atoms with E-state index in [-0.39, 0.29) is 0 Å². The van der Waals surface area contributed by atoms with Gasteiger partial charge in [0.25, 0.3) is 0 Å². The van der Waals surface area contributed by atoms with Gasteiger partial charge in [0.05, 0.1) is 5.60 Å². The third-order valence-corrected chi connectivity index (χ3v) is 2.88. The van der Waals surface area contributed by atoms with Gasteiger partial charge < -0.3 is 15.3 Å². The standard InChI is InChI=1S/C15H26N2O/c1-6-16-10-13-7-8-14(12(2)9-13)17(5)11-15(3,4)18/h7-9,16,18H,6,10-11H2,1-5H3. The van der Waals surface area contributed by atoms with Crippen molar-refractivity contribution in [2.75, 3.05) is 25.0 Å². The third-order valence-electron chi connectivity index (χ3n) is 2.88. The Morgan fingerprint density at radius 3 is 2.50 bits per heavy atom. The zero-order valence-electron chi connectivity index (χ0n) is 12.2. The molecule has 0 saturated carbocycles. The predicted octanol–water partition coefficient (Wildman–Crippen LogP) is 2.31. The van der Waals surface area contributed by atoms with Gasteiger partial charge in [0.1, 0.15) is 0 Å². The molecular formula is C15H26N2O. The van der Waals surface area contributed by atoms with Crippen LogP contribution in [-0.4, -0.2) is 30.8 Å². The quantitative estimate of drug-likeness (QED) is 0.813. The van der Waals surface area contributed by atoms with Gasteiger partial charge in [0.2, 0.25) is 0 Å². The molecule has 18 heavy (non-hydrogen) atoms. The first-order chi connectivity index (χ1) is 8.33. The van der Waals surface area contributed by atoms with Crippen LogP contribution in [0.4, 0.5) is 5.69 Å². The molecule has 102 valence electrons. The van der Waals surface area contributed by atoms with Crippen LogP contribution >= 0.6 is 0 Å². The summed E-state index contributed by atoms with van der Waals surface area (Å²) in [6.07, 6.45) is 0. The van der Waals surface area contributed by atoms with Crippen LogP contribution in [0.1, 0.15) is 31.9 Å². The highest BCUT2D eigenvalue weighted by Gasteiger charge is 2.16. The Labute approximate surface area is 111 Å². The van der Waals surface area contributed by atoms with Crippen LogP contribution in [0.5, 0.6) is 0 Å². The molecule has 2 N–H and O–H groups in total. The van der Waals surface area contributed by atoms with E-state index in [9.17, 15) is 5.11 Å². The van der Waals surface area contributed by atoms with Crippen molar-refractivity contribution in [2.45, 2.75) is 39.8 Å². The predicted molar refractivity (Wildman–Crippen MR) is 78.1 cm³/mol. The maximum Gasteiger partial charge on any atom is 0.0765 e. The zero-order chi connectivity index (χ0) is 13.8. The molecule has 3 heteroatoms. The molecule has 0 radical (unpaired) electrons. The molecule has 0 aliphatic carbocycles. The molecule has 0 fully saturated rings. The Balaban J connectivity index is 2.78. The largest absolute Gasteiger partial charge is 0.389 e. The Bertz CT molecular complexity index is 383. The topological polar surface area (TPSA) is 35.5 Å². The van der Waals surface area contributed by atoms with Gasteiger partial charge in [-0.25, -0.2) is 0 Å². The van der Waals surface area contributed by atoms with E-state index < -0.39 is 5.60 Å². The Morgan fingerprint density at radius 1 is 1.33 bits per heavy atom. The first kappa shape index (κ1) is 15.0.